The van der Waals surface area contributed by atoms with Gasteiger partial charge in [-0.3, -0.25) is 0 Å². The molecule has 1 saturated heterocycles. The number of nitrogens with one attached hydrogen (secondary N) is 2. The van der Waals surface area contributed by atoms with Gasteiger partial charge in [0.1, 0.15) is 0 Å². The number of hydrogen-bond acceptors (Lipinski definition) is 5. The first kappa shape index (κ1) is 9.72. The Hall–Kier alpha value is -0.820. The van der Waals surface area contributed by atoms with Crippen LogP contribution in [0.15, 0.2) is 0 Å². The Kier molecular flexibility index (Phi) is 2.87. The second-order valence-electron chi connectivity index (χ2n) is 3.15. The highest BCUT2D eigenvalue weighted by Crippen LogP contribution is 2.25. The first-order valence-corrected chi connectivity index (χ1v) is 5.13. The number of nitrogens with zero attached hydrogens (tertiary/aromatic N) is 2. The first-order valence-electron chi connectivity index (χ1n) is 4.32. The highest BCUT2D eigenvalue weighted by atomic mass is 32.1. The molecule has 1 aromatic heterocycles. The minimum absolute atomic E-state index is 0.223. The molecule has 1 aliphatic heterocycles. The lowest BCUT2D eigenvalue weighted by atomic mass is 10.0. The molecule has 2 N–H and O–H groups in total. The summed E-state index contributed by atoms with van der Waals surface area (Å²) in [5, 5.41) is 13.4. The molecule has 0 saturated carbocycles. The van der Waals surface area contributed by atoms with Gasteiger partial charge in [0.2, 0.25) is 5.13 Å². The molecule has 0 radical (unpaired) electrons. The molecule has 1 fully saturated rings. The second-order valence-corrected chi connectivity index (χ2v) is 4.16. The van der Waals surface area contributed by atoms with Crippen LogP contribution in [-0.4, -0.2) is 29.8 Å². The quantitative estimate of drug-likeness (QED) is 0.798. The molecule has 2 heterocycles. The third-order valence-electron chi connectivity index (χ3n) is 2.04. The van der Waals surface area contributed by atoms with Crippen molar-refractivity contribution in [2.24, 2.45) is 5.92 Å². The molecule has 4 nitrogen and oxygen atoms in total. The number of aromatic nitrogens is 2. The van der Waals surface area contributed by atoms with E-state index in [9.17, 15) is 8.78 Å². The molecule has 0 bridgehead atoms. The van der Waals surface area contributed by atoms with Crippen molar-refractivity contribution in [3.8, 4) is 0 Å². The largest absolute Gasteiger partial charge is 0.360 e. The molecule has 0 unspecified atom stereocenters. The summed E-state index contributed by atoms with van der Waals surface area (Å²) in [6.45, 7) is 2.73. The number of anilines is 1. The SMILES string of the molecule is FC(F)c1nnc(NCC2CNC2)s1. The fourth-order valence-electron chi connectivity index (χ4n) is 1.12. The average Bonchev–Trinajstić information content (AvgIpc) is 2.50. The summed E-state index contributed by atoms with van der Waals surface area (Å²) >= 11 is 0.914. The van der Waals surface area contributed by atoms with Crippen LogP contribution in [0.3, 0.4) is 0 Å². The van der Waals surface area contributed by atoms with Crippen LogP contribution < -0.4 is 10.6 Å². The molecule has 0 atom stereocenters. The molecule has 1 aliphatic rings. The predicted octanol–water partition coefficient (Wildman–Crippen LogP) is 1.11. The fourth-order valence-corrected chi connectivity index (χ4v) is 1.72. The lowest BCUT2D eigenvalue weighted by molar-refractivity contribution is 0.150. The zero-order valence-corrected chi connectivity index (χ0v) is 8.15. The van der Waals surface area contributed by atoms with E-state index in [2.05, 4.69) is 20.8 Å². The molecule has 78 valence electrons. The van der Waals surface area contributed by atoms with Crippen molar-refractivity contribution in [1.29, 1.82) is 0 Å². The van der Waals surface area contributed by atoms with Gasteiger partial charge in [0.15, 0.2) is 5.01 Å². The maximum absolute atomic E-state index is 12.1. The molecule has 2 rings (SSSR count). The Labute approximate surface area is 83.7 Å². The Balaban J connectivity index is 1.83. The van der Waals surface area contributed by atoms with Crippen LogP contribution in [0.25, 0.3) is 0 Å². The topological polar surface area (TPSA) is 49.8 Å². The minimum Gasteiger partial charge on any atom is -0.360 e. The van der Waals surface area contributed by atoms with Crippen LogP contribution in [0.1, 0.15) is 11.4 Å². The van der Waals surface area contributed by atoms with E-state index in [1.807, 2.05) is 0 Å². The van der Waals surface area contributed by atoms with Crippen LogP contribution in [0.5, 0.6) is 0 Å². The Bertz CT molecular complexity index is 300. The van der Waals surface area contributed by atoms with Gasteiger partial charge in [-0.05, 0) is 0 Å². The zero-order chi connectivity index (χ0) is 9.97. The van der Waals surface area contributed by atoms with Gasteiger partial charge in [0.25, 0.3) is 6.43 Å². The van der Waals surface area contributed by atoms with Gasteiger partial charge in [0, 0.05) is 25.6 Å². The van der Waals surface area contributed by atoms with Crippen LogP contribution in [0, 0.1) is 5.92 Å². The van der Waals surface area contributed by atoms with E-state index in [0.717, 1.165) is 31.0 Å². The average molecular weight is 220 g/mol. The van der Waals surface area contributed by atoms with Crippen LogP contribution in [-0.2, 0) is 0 Å². The van der Waals surface area contributed by atoms with Gasteiger partial charge >= 0.3 is 0 Å². The Morgan fingerprint density at radius 3 is 2.79 bits per heavy atom. The monoisotopic (exact) mass is 220 g/mol. The molecule has 0 aliphatic carbocycles. The normalized spacial score (nSPS) is 17.1. The summed E-state index contributed by atoms with van der Waals surface area (Å²) in [6.07, 6.45) is -2.52. The van der Waals surface area contributed by atoms with E-state index in [0.29, 0.717) is 11.0 Å². The lowest BCUT2D eigenvalue weighted by Crippen LogP contribution is -2.45. The molecule has 1 aromatic rings. The molecular weight excluding hydrogens is 210 g/mol. The van der Waals surface area contributed by atoms with E-state index < -0.39 is 6.43 Å². The third kappa shape index (κ3) is 2.16. The van der Waals surface area contributed by atoms with E-state index in [1.165, 1.54) is 0 Å². The molecule has 7 heteroatoms. The number of halogens is 2. The van der Waals surface area contributed by atoms with Gasteiger partial charge in [-0.15, -0.1) is 10.2 Å². The standard InChI is InChI=1S/C7H10F2N4S/c8-5(9)6-12-13-7(14-6)11-3-4-1-10-2-4/h4-5,10H,1-3H2,(H,11,13). The highest BCUT2D eigenvalue weighted by molar-refractivity contribution is 7.15. The highest BCUT2D eigenvalue weighted by Gasteiger charge is 2.18. The number of rotatable bonds is 4. The zero-order valence-electron chi connectivity index (χ0n) is 7.33. The van der Waals surface area contributed by atoms with Crippen molar-refractivity contribution < 1.29 is 8.78 Å². The van der Waals surface area contributed by atoms with Crippen LogP contribution in [0.4, 0.5) is 13.9 Å². The summed E-state index contributed by atoms with van der Waals surface area (Å²) in [5.74, 6) is 0.578. The van der Waals surface area contributed by atoms with Crippen molar-refractivity contribution in [3.05, 3.63) is 5.01 Å². The Morgan fingerprint density at radius 1 is 1.50 bits per heavy atom. The van der Waals surface area contributed by atoms with Gasteiger partial charge in [-0.2, -0.15) is 0 Å². The lowest BCUT2D eigenvalue weighted by Gasteiger charge is -2.26. The van der Waals surface area contributed by atoms with E-state index in [4.69, 9.17) is 0 Å². The molecular formula is C7H10F2N4S. The smallest absolute Gasteiger partial charge is 0.291 e. The van der Waals surface area contributed by atoms with Gasteiger partial charge in [0.05, 0.1) is 0 Å². The number of alkyl halides is 2. The van der Waals surface area contributed by atoms with E-state index in [-0.39, 0.29) is 5.01 Å². The number of hydrogen-bond donors (Lipinski definition) is 2. The third-order valence-corrected chi connectivity index (χ3v) is 2.92. The maximum atomic E-state index is 12.1. The van der Waals surface area contributed by atoms with Gasteiger partial charge < -0.3 is 10.6 Å². The summed E-state index contributed by atoms with van der Waals surface area (Å²) in [5.41, 5.74) is 0. The van der Waals surface area contributed by atoms with E-state index >= 15 is 0 Å². The van der Waals surface area contributed by atoms with Crippen LogP contribution in [0.2, 0.25) is 0 Å². The summed E-state index contributed by atoms with van der Waals surface area (Å²) < 4.78 is 24.3. The van der Waals surface area contributed by atoms with Crippen molar-refractivity contribution in [3.63, 3.8) is 0 Å². The maximum Gasteiger partial charge on any atom is 0.291 e. The van der Waals surface area contributed by atoms with Crippen LogP contribution >= 0.6 is 11.3 Å². The van der Waals surface area contributed by atoms with Crippen molar-refractivity contribution in [1.82, 2.24) is 15.5 Å². The van der Waals surface area contributed by atoms with Gasteiger partial charge in [-0.25, -0.2) is 8.78 Å². The fraction of sp³-hybridized carbons (Fsp3) is 0.714. The molecule has 0 spiro atoms. The predicted molar refractivity (Wildman–Crippen MR) is 49.7 cm³/mol. The molecule has 14 heavy (non-hydrogen) atoms. The first-order chi connectivity index (χ1) is 6.75. The van der Waals surface area contributed by atoms with Crippen molar-refractivity contribution >= 4 is 16.5 Å². The molecule has 0 aromatic carbocycles. The summed E-state index contributed by atoms with van der Waals surface area (Å²) in [4.78, 5) is 0. The van der Waals surface area contributed by atoms with Crippen molar-refractivity contribution in [2.75, 3.05) is 25.0 Å². The van der Waals surface area contributed by atoms with Gasteiger partial charge in [-0.1, -0.05) is 11.3 Å². The second kappa shape index (κ2) is 4.14. The summed E-state index contributed by atoms with van der Waals surface area (Å²) in [7, 11) is 0. The van der Waals surface area contributed by atoms with Crippen molar-refractivity contribution in [2.45, 2.75) is 6.43 Å². The Morgan fingerprint density at radius 2 is 2.29 bits per heavy atom. The minimum atomic E-state index is -2.52. The summed E-state index contributed by atoms with van der Waals surface area (Å²) in [6, 6.07) is 0. The van der Waals surface area contributed by atoms with E-state index in [1.54, 1.807) is 0 Å². The molecule has 0 amide bonds.